The van der Waals surface area contributed by atoms with Crippen molar-refractivity contribution in [1.29, 1.82) is 0 Å². The van der Waals surface area contributed by atoms with Gasteiger partial charge in [0.05, 0.1) is 5.69 Å². The van der Waals surface area contributed by atoms with Crippen LogP contribution in [-0.2, 0) is 19.6 Å². The molecule has 0 spiro atoms. The smallest absolute Gasteiger partial charge is 0.0544 e. The van der Waals surface area contributed by atoms with Crippen LogP contribution in [-0.4, -0.2) is 22.5 Å². The Labute approximate surface area is 132 Å². The monoisotopic (exact) mass is 303 g/mol. The Morgan fingerprint density at radius 2 is 1.95 bits per heavy atom. The minimum absolute atomic E-state index is 0.138. The second-order valence-corrected chi connectivity index (χ2v) is 7.35. The van der Waals surface area contributed by atoms with Gasteiger partial charge in [0.2, 0.25) is 0 Å². The Bertz CT molecular complexity index is 526. The fourth-order valence-corrected chi connectivity index (χ4v) is 2.71. The molecule has 3 nitrogen and oxygen atoms in total. The van der Waals surface area contributed by atoms with E-state index in [0.717, 1.165) is 25.3 Å². The lowest BCUT2D eigenvalue weighted by atomic mass is 10.1. The average Bonchev–Trinajstić information content (AvgIpc) is 2.89. The first-order valence-corrected chi connectivity index (χ1v) is 8.25. The maximum Gasteiger partial charge on any atom is 0.0544 e. The molecule has 1 N–H and O–H groups in total. The Morgan fingerprint density at radius 3 is 2.52 bits per heavy atom. The Hall–Kier alpha value is -1.23. The number of thiophene rings is 1. The molecular formula is C17H25N3S. The molecule has 2 heterocycles. The van der Waals surface area contributed by atoms with Crippen LogP contribution in [0.15, 0.2) is 35.2 Å². The van der Waals surface area contributed by atoms with Crippen LogP contribution in [0.4, 0.5) is 0 Å². The standard InChI is InChI=1S/C17H25N3S/c1-17(2,3)19-10-14-5-6-16(18-9-14)12-20(4)11-15-7-8-21-13-15/h5-9,13,19H,10-12H2,1-4H3. The number of nitrogens with zero attached hydrogens (tertiary/aromatic N) is 2. The van der Waals surface area contributed by atoms with E-state index >= 15 is 0 Å². The van der Waals surface area contributed by atoms with E-state index in [-0.39, 0.29) is 5.54 Å². The van der Waals surface area contributed by atoms with Crippen molar-refractivity contribution in [2.75, 3.05) is 7.05 Å². The van der Waals surface area contributed by atoms with Crippen molar-refractivity contribution < 1.29 is 0 Å². The van der Waals surface area contributed by atoms with Gasteiger partial charge in [0, 0.05) is 31.4 Å². The summed E-state index contributed by atoms with van der Waals surface area (Å²) in [6.45, 7) is 9.24. The zero-order chi connectivity index (χ0) is 15.3. The number of pyridine rings is 1. The van der Waals surface area contributed by atoms with Crippen LogP contribution in [0.25, 0.3) is 0 Å². The van der Waals surface area contributed by atoms with E-state index in [0.29, 0.717) is 0 Å². The molecule has 0 aliphatic heterocycles. The van der Waals surface area contributed by atoms with Gasteiger partial charge in [-0.3, -0.25) is 9.88 Å². The topological polar surface area (TPSA) is 28.2 Å². The van der Waals surface area contributed by atoms with Gasteiger partial charge in [-0.15, -0.1) is 0 Å². The van der Waals surface area contributed by atoms with Gasteiger partial charge in [0.1, 0.15) is 0 Å². The zero-order valence-electron chi connectivity index (χ0n) is 13.4. The Morgan fingerprint density at radius 1 is 1.14 bits per heavy atom. The number of hydrogen-bond donors (Lipinski definition) is 1. The van der Waals surface area contributed by atoms with Gasteiger partial charge in [-0.05, 0) is 61.8 Å². The summed E-state index contributed by atoms with van der Waals surface area (Å²) in [6.07, 6.45) is 1.98. The molecule has 0 saturated heterocycles. The summed E-state index contributed by atoms with van der Waals surface area (Å²) in [5.41, 5.74) is 3.86. The van der Waals surface area contributed by atoms with Crippen LogP contribution in [0.3, 0.4) is 0 Å². The summed E-state index contributed by atoms with van der Waals surface area (Å²) < 4.78 is 0. The first kappa shape index (κ1) is 16.1. The van der Waals surface area contributed by atoms with Gasteiger partial charge in [0.25, 0.3) is 0 Å². The van der Waals surface area contributed by atoms with Crippen molar-refractivity contribution in [1.82, 2.24) is 15.2 Å². The largest absolute Gasteiger partial charge is 0.308 e. The average molecular weight is 303 g/mol. The highest BCUT2D eigenvalue weighted by atomic mass is 32.1. The maximum atomic E-state index is 4.57. The highest BCUT2D eigenvalue weighted by Crippen LogP contribution is 2.11. The van der Waals surface area contributed by atoms with Crippen molar-refractivity contribution >= 4 is 11.3 Å². The van der Waals surface area contributed by atoms with E-state index in [2.05, 4.69) is 72.0 Å². The molecule has 0 fully saturated rings. The Balaban J connectivity index is 1.84. The summed E-state index contributed by atoms with van der Waals surface area (Å²) >= 11 is 1.75. The van der Waals surface area contributed by atoms with Crippen molar-refractivity contribution in [3.8, 4) is 0 Å². The summed E-state index contributed by atoms with van der Waals surface area (Å²) in [5, 5.41) is 7.80. The summed E-state index contributed by atoms with van der Waals surface area (Å²) in [6, 6.07) is 6.47. The predicted octanol–water partition coefficient (Wildman–Crippen LogP) is 3.66. The number of aromatic nitrogens is 1. The lowest BCUT2D eigenvalue weighted by molar-refractivity contribution is 0.315. The Kier molecular flexibility index (Phi) is 5.51. The lowest BCUT2D eigenvalue weighted by Gasteiger charge is -2.20. The van der Waals surface area contributed by atoms with E-state index in [1.54, 1.807) is 11.3 Å². The molecule has 0 bridgehead atoms. The fraction of sp³-hybridized carbons (Fsp3) is 0.471. The minimum Gasteiger partial charge on any atom is -0.308 e. The molecule has 0 aromatic carbocycles. The van der Waals surface area contributed by atoms with Gasteiger partial charge in [-0.1, -0.05) is 6.07 Å². The van der Waals surface area contributed by atoms with E-state index in [1.807, 2.05) is 6.20 Å². The lowest BCUT2D eigenvalue weighted by Crippen LogP contribution is -2.35. The van der Waals surface area contributed by atoms with Crippen LogP contribution >= 0.6 is 11.3 Å². The van der Waals surface area contributed by atoms with Crippen LogP contribution < -0.4 is 5.32 Å². The van der Waals surface area contributed by atoms with Gasteiger partial charge in [0.15, 0.2) is 0 Å². The first-order valence-electron chi connectivity index (χ1n) is 7.31. The second kappa shape index (κ2) is 7.16. The van der Waals surface area contributed by atoms with Crippen LogP contribution in [0, 0.1) is 0 Å². The molecule has 0 aliphatic carbocycles. The van der Waals surface area contributed by atoms with Crippen molar-refractivity contribution in [3.63, 3.8) is 0 Å². The minimum atomic E-state index is 0.138. The van der Waals surface area contributed by atoms with Gasteiger partial charge < -0.3 is 5.32 Å². The molecule has 2 rings (SSSR count). The second-order valence-electron chi connectivity index (χ2n) is 6.57. The van der Waals surface area contributed by atoms with Gasteiger partial charge >= 0.3 is 0 Å². The summed E-state index contributed by atoms with van der Waals surface area (Å²) in [7, 11) is 2.13. The molecule has 0 amide bonds. The third-order valence-corrected chi connectivity index (χ3v) is 3.91. The summed E-state index contributed by atoms with van der Waals surface area (Å²) in [5.74, 6) is 0. The number of hydrogen-bond acceptors (Lipinski definition) is 4. The molecular weight excluding hydrogens is 278 g/mol. The van der Waals surface area contributed by atoms with Crippen LogP contribution in [0.2, 0.25) is 0 Å². The van der Waals surface area contributed by atoms with E-state index in [9.17, 15) is 0 Å². The van der Waals surface area contributed by atoms with E-state index in [4.69, 9.17) is 0 Å². The first-order chi connectivity index (χ1) is 9.92. The zero-order valence-corrected chi connectivity index (χ0v) is 14.2. The molecule has 2 aromatic heterocycles. The highest BCUT2D eigenvalue weighted by molar-refractivity contribution is 7.07. The van der Waals surface area contributed by atoms with E-state index in [1.165, 1.54) is 11.1 Å². The molecule has 21 heavy (non-hydrogen) atoms. The van der Waals surface area contributed by atoms with Crippen LogP contribution in [0.5, 0.6) is 0 Å². The molecule has 0 unspecified atom stereocenters. The molecule has 4 heteroatoms. The summed E-state index contributed by atoms with van der Waals surface area (Å²) in [4.78, 5) is 6.86. The van der Waals surface area contributed by atoms with Crippen molar-refractivity contribution in [3.05, 3.63) is 52.0 Å². The molecule has 0 radical (unpaired) electrons. The maximum absolute atomic E-state index is 4.57. The van der Waals surface area contributed by atoms with Crippen LogP contribution in [0.1, 0.15) is 37.6 Å². The van der Waals surface area contributed by atoms with Crippen molar-refractivity contribution in [2.45, 2.75) is 45.9 Å². The predicted molar refractivity (Wildman–Crippen MR) is 90.3 cm³/mol. The molecule has 114 valence electrons. The molecule has 0 saturated carbocycles. The highest BCUT2D eigenvalue weighted by Gasteiger charge is 2.08. The number of rotatable bonds is 6. The van der Waals surface area contributed by atoms with Gasteiger partial charge in [-0.25, -0.2) is 0 Å². The fourth-order valence-electron chi connectivity index (χ4n) is 2.05. The SMILES string of the molecule is CN(Cc1ccsc1)Cc1ccc(CNC(C)(C)C)cn1. The van der Waals surface area contributed by atoms with Crippen molar-refractivity contribution in [2.24, 2.45) is 0 Å². The molecule has 2 aromatic rings. The van der Waals surface area contributed by atoms with E-state index < -0.39 is 0 Å². The third-order valence-electron chi connectivity index (χ3n) is 3.17. The quantitative estimate of drug-likeness (QED) is 0.882. The van der Waals surface area contributed by atoms with Gasteiger partial charge in [-0.2, -0.15) is 11.3 Å². The third kappa shape index (κ3) is 5.96. The number of nitrogens with one attached hydrogen (secondary N) is 1. The molecule has 0 aliphatic rings. The molecule has 0 atom stereocenters. The normalized spacial score (nSPS) is 12.0.